The first-order chi connectivity index (χ1) is 10.8. The molecule has 0 unspecified atom stereocenters. The lowest BCUT2D eigenvalue weighted by atomic mass is 10.3. The van der Waals surface area contributed by atoms with Crippen molar-refractivity contribution in [2.24, 2.45) is 7.05 Å². The molecule has 2 saturated heterocycles. The molecule has 0 amide bonds. The van der Waals surface area contributed by atoms with Crippen LogP contribution in [0.25, 0.3) is 11.0 Å². The normalized spacial score (nSPS) is 18.8. The molecule has 0 saturated carbocycles. The van der Waals surface area contributed by atoms with Gasteiger partial charge >= 0.3 is 0 Å². The van der Waals surface area contributed by atoms with Gasteiger partial charge in [-0.1, -0.05) is 0 Å². The van der Waals surface area contributed by atoms with Crippen molar-refractivity contribution in [1.29, 1.82) is 0 Å². The molecule has 2 aliphatic rings. The standard InChI is InChI=1S/C16H23N5O/c1-19-12(11-22)10-13-14(19)17-16(21-8-4-5-9-21)18-15(13)20-6-2-3-7-20/h10,22H,2-9,11H2,1H3. The van der Waals surface area contributed by atoms with Crippen molar-refractivity contribution in [1.82, 2.24) is 14.5 Å². The molecule has 0 atom stereocenters. The van der Waals surface area contributed by atoms with Crippen molar-refractivity contribution in [3.63, 3.8) is 0 Å². The molecule has 6 heteroatoms. The molecular formula is C16H23N5O. The van der Waals surface area contributed by atoms with Crippen LogP contribution < -0.4 is 9.80 Å². The molecule has 2 fully saturated rings. The molecule has 118 valence electrons. The van der Waals surface area contributed by atoms with Gasteiger partial charge in [-0.3, -0.25) is 0 Å². The third kappa shape index (κ3) is 2.13. The van der Waals surface area contributed by atoms with Gasteiger partial charge in [-0.2, -0.15) is 9.97 Å². The van der Waals surface area contributed by atoms with Crippen molar-refractivity contribution in [3.05, 3.63) is 11.8 Å². The molecule has 1 N–H and O–H groups in total. The van der Waals surface area contributed by atoms with E-state index in [0.29, 0.717) is 0 Å². The summed E-state index contributed by atoms with van der Waals surface area (Å²) in [6.45, 7) is 4.25. The minimum absolute atomic E-state index is 0.0331. The van der Waals surface area contributed by atoms with Crippen LogP contribution in [0.15, 0.2) is 6.07 Å². The average molecular weight is 301 g/mol. The number of aromatic nitrogens is 3. The summed E-state index contributed by atoms with van der Waals surface area (Å²) in [7, 11) is 1.97. The number of hydrogen-bond acceptors (Lipinski definition) is 5. The van der Waals surface area contributed by atoms with Gasteiger partial charge in [-0.05, 0) is 31.7 Å². The monoisotopic (exact) mass is 301 g/mol. The SMILES string of the molecule is Cn1c(CO)cc2c(N3CCCC3)nc(N3CCCC3)nc21. The van der Waals surface area contributed by atoms with Crippen LogP contribution in [-0.2, 0) is 13.7 Å². The maximum Gasteiger partial charge on any atom is 0.229 e. The van der Waals surface area contributed by atoms with Crippen LogP contribution in [0.2, 0.25) is 0 Å². The highest BCUT2D eigenvalue weighted by molar-refractivity contribution is 5.90. The van der Waals surface area contributed by atoms with E-state index in [1.165, 1.54) is 25.7 Å². The van der Waals surface area contributed by atoms with Crippen LogP contribution in [-0.4, -0.2) is 45.8 Å². The highest BCUT2D eigenvalue weighted by Gasteiger charge is 2.23. The summed E-state index contributed by atoms with van der Waals surface area (Å²) in [6.07, 6.45) is 4.89. The van der Waals surface area contributed by atoms with Gasteiger partial charge in [0.05, 0.1) is 12.0 Å². The first-order valence-electron chi connectivity index (χ1n) is 8.25. The highest BCUT2D eigenvalue weighted by Crippen LogP contribution is 2.31. The van der Waals surface area contributed by atoms with E-state index < -0.39 is 0 Å². The average Bonchev–Trinajstić information content (AvgIpc) is 3.28. The lowest BCUT2D eigenvalue weighted by molar-refractivity contribution is 0.273. The molecule has 4 rings (SSSR count). The van der Waals surface area contributed by atoms with Crippen LogP contribution in [0.1, 0.15) is 31.4 Å². The Morgan fingerprint density at radius 1 is 1.00 bits per heavy atom. The van der Waals surface area contributed by atoms with Crippen LogP contribution >= 0.6 is 0 Å². The Morgan fingerprint density at radius 2 is 1.64 bits per heavy atom. The Labute approximate surface area is 130 Å². The molecule has 0 spiro atoms. The van der Waals surface area contributed by atoms with Gasteiger partial charge in [0.15, 0.2) is 0 Å². The molecule has 0 radical (unpaired) electrons. The van der Waals surface area contributed by atoms with Crippen molar-refractivity contribution < 1.29 is 5.11 Å². The zero-order chi connectivity index (χ0) is 15.1. The van der Waals surface area contributed by atoms with E-state index in [9.17, 15) is 5.11 Å². The van der Waals surface area contributed by atoms with Crippen molar-refractivity contribution in [3.8, 4) is 0 Å². The summed E-state index contributed by atoms with van der Waals surface area (Å²) < 4.78 is 2.00. The second-order valence-electron chi connectivity index (χ2n) is 6.33. The summed E-state index contributed by atoms with van der Waals surface area (Å²) in [5.74, 6) is 1.89. The number of nitrogens with zero attached hydrogens (tertiary/aromatic N) is 5. The number of aliphatic hydroxyl groups excluding tert-OH is 1. The first-order valence-corrected chi connectivity index (χ1v) is 8.25. The van der Waals surface area contributed by atoms with E-state index in [4.69, 9.17) is 9.97 Å². The number of rotatable bonds is 3. The van der Waals surface area contributed by atoms with E-state index in [0.717, 1.165) is 54.7 Å². The molecule has 2 aromatic rings. The number of hydrogen-bond donors (Lipinski definition) is 1. The van der Waals surface area contributed by atoms with E-state index in [1.54, 1.807) is 0 Å². The maximum atomic E-state index is 9.56. The number of aliphatic hydroxyl groups is 1. The maximum absolute atomic E-state index is 9.56. The van der Waals surface area contributed by atoms with Crippen molar-refractivity contribution >= 4 is 22.8 Å². The topological polar surface area (TPSA) is 57.4 Å². The molecule has 0 bridgehead atoms. The molecule has 0 aromatic carbocycles. The lowest BCUT2D eigenvalue weighted by Crippen LogP contribution is -2.24. The molecule has 2 aromatic heterocycles. The fourth-order valence-electron chi connectivity index (χ4n) is 3.60. The van der Waals surface area contributed by atoms with Crippen LogP contribution in [0.3, 0.4) is 0 Å². The third-order valence-electron chi connectivity index (χ3n) is 4.91. The summed E-state index contributed by atoms with van der Waals surface area (Å²) >= 11 is 0. The molecule has 6 nitrogen and oxygen atoms in total. The Bertz CT molecular complexity index is 683. The van der Waals surface area contributed by atoms with Crippen molar-refractivity contribution in [2.45, 2.75) is 32.3 Å². The van der Waals surface area contributed by atoms with Crippen LogP contribution in [0.5, 0.6) is 0 Å². The lowest BCUT2D eigenvalue weighted by Gasteiger charge is -2.21. The van der Waals surface area contributed by atoms with E-state index in [2.05, 4.69) is 9.80 Å². The molecule has 22 heavy (non-hydrogen) atoms. The van der Waals surface area contributed by atoms with Gasteiger partial charge in [0.2, 0.25) is 5.95 Å². The van der Waals surface area contributed by atoms with Crippen LogP contribution in [0.4, 0.5) is 11.8 Å². The summed E-state index contributed by atoms with van der Waals surface area (Å²) in [5.41, 5.74) is 1.83. The second kappa shape index (κ2) is 5.43. The number of aryl methyl sites for hydroxylation is 1. The minimum atomic E-state index is 0.0331. The highest BCUT2D eigenvalue weighted by atomic mass is 16.3. The molecular weight excluding hydrogens is 278 g/mol. The van der Waals surface area contributed by atoms with Gasteiger partial charge in [0.25, 0.3) is 0 Å². The smallest absolute Gasteiger partial charge is 0.229 e. The van der Waals surface area contributed by atoms with Crippen LogP contribution in [0, 0.1) is 0 Å². The Kier molecular flexibility index (Phi) is 3.41. The third-order valence-corrected chi connectivity index (χ3v) is 4.91. The largest absolute Gasteiger partial charge is 0.390 e. The van der Waals surface area contributed by atoms with Gasteiger partial charge in [-0.15, -0.1) is 0 Å². The van der Waals surface area contributed by atoms with E-state index >= 15 is 0 Å². The molecule has 0 aliphatic carbocycles. The first kappa shape index (κ1) is 13.8. The van der Waals surface area contributed by atoms with Crippen molar-refractivity contribution in [2.75, 3.05) is 36.0 Å². The summed E-state index contributed by atoms with van der Waals surface area (Å²) in [6, 6.07) is 2.04. The minimum Gasteiger partial charge on any atom is -0.390 e. The quantitative estimate of drug-likeness (QED) is 0.934. The fraction of sp³-hybridized carbons (Fsp3) is 0.625. The number of fused-ring (bicyclic) bond motifs is 1. The van der Waals surface area contributed by atoms with Gasteiger partial charge in [-0.25, -0.2) is 0 Å². The predicted molar refractivity (Wildman–Crippen MR) is 87.3 cm³/mol. The molecule has 2 aliphatic heterocycles. The fourth-order valence-corrected chi connectivity index (χ4v) is 3.60. The van der Waals surface area contributed by atoms with Gasteiger partial charge in [0.1, 0.15) is 11.5 Å². The summed E-state index contributed by atoms with van der Waals surface area (Å²) in [4.78, 5) is 14.3. The summed E-state index contributed by atoms with van der Waals surface area (Å²) in [5, 5.41) is 10.6. The van der Waals surface area contributed by atoms with E-state index in [-0.39, 0.29) is 6.61 Å². The zero-order valence-corrected chi connectivity index (χ0v) is 13.1. The predicted octanol–water partition coefficient (Wildman–Crippen LogP) is 1.66. The second-order valence-corrected chi connectivity index (χ2v) is 6.33. The van der Waals surface area contributed by atoms with E-state index in [1.807, 2.05) is 17.7 Å². The zero-order valence-electron chi connectivity index (χ0n) is 13.1. The Morgan fingerprint density at radius 3 is 2.27 bits per heavy atom. The van der Waals surface area contributed by atoms with Gasteiger partial charge in [0, 0.05) is 38.9 Å². The Hall–Kier alpha value is -1.82. The molecule has 4 heterocycles. The Balaban J connectivity index is 1.89. The van der Waals surface area contributed by atoms with Gasteiger partial charge < -0.3 is 19.5 Å². The number of anilines is 2.